The Morgan fingerprint density at radius 3 is 2.04 bits per heavy atom. The van der Waals surface area contributed by atoms with Gasteiger partial charge in [-0.1, -0.05) is 78.9 Å². The molecular formula is C21H16BrN3. The highest BCUT2D eigenvalue weighted by Gasteiger charge is 2.18. The van der Waals surface area contributed by atoms with Gasteiger partial charge in [0.05, 0.1) is 0 Å². The van der Waals surface area contributed by atoms with Crippen LogP contribution in [0.1, 0.15) is 17.3 Å². The van der Waals surface area contributed by atoms with Gasteiger partial charge in [-0.15, -0.1) is 0 Å². The molecule has 0 spiro atoms. The van der Waals surface area contributed by atoms with Crippen LogP contribution in [0, 0.1) is 0 Å². The topological polar surface area (TPSA) is 36.8 Å². The van der Waals surface area contributed by atoms with E-state index in [1.807, 2.05) is 48.5 Å². The molecule has 0 aliphatic carbocycles. The van der Waals surface area contributed by atoms with E-state index in [0.717, 1.165) is 17.0 Å². The Balaban J connectivity index is 1.71. The predicted molar refractivity (Wildman–Crippen MR) is 107 cm³/mol. The van der Waals surface area contributed by atoms with Gasteiger partial charge in [0.25, 0.3) is 0 Å². The third-order valence-electron chi connectivity index (χ3n) is 4.05. The lowest BCUT2D eigenvalue weighted by Crippen LogP contribution is -2.31. The molecule has 0 fully saturated rings. The average molecular weight is 390 g/mol. The van der Waals surface area contributed by atoms with Gasteiger partial charge in [-0.05, 0) is 38.7 Å². The minimum Gasteiger partial charge on any atom is -0.319 e. The summed E-state index contributed by atoms with van der Waals surface area (Å²) in [7, 11) is 0. The van der Waals surface area contributed by atoms with Crippen molar-refractivity contribution in [3.63, 3.8) is 0 Å². The minimum absolute atomic E-state index is 0.269. The molecular weight excluding hydrogens is 374 g/mol. The molecule has 0 saturated heterocycles. The van der Waals surface area contributed by atoms with Crippen LogP contribution < -0.4 is 5.32 Å². The SMILES string of the molecule is BrC1=NC(c2cccc(-c3ccccc3)c2)N=C(c2ccccc2)N1. The second-order valence-corrected chi connectivity index (χ2v) is 6.50. The highest BCUT2D eigenvalue weighted by molar-refractivity contribution is 9.18. The number of hydrogen-bond donors (Lipinski definition) is 1. The summed E-state index contributed by atoms with van der Waals surface area (Å²) in [5.74, 6) is 0.817. The number of nitrogens with one attached hydrogen (secondary N) is 1. The summed E-state index contributed by atoms with van der Waals surface area (Å²) < 4.78 is 0.691. The first-order valence-corrected chi connectivity index (χ1v) is 8.88. The van der Waals surface area contributed by atoms with Crippen molar-refractivity contribution in [1.29, 1.82) is 0 Å². The number of nitrogens with zero attached hydrogens (tertiary/aromatic N) is 2. The summed E-state index contributed by atoms with van der Waals surface area (Å²) in [5.41, 5.74) is 4.46. The first-order chi connectivity index (χ1) is 12.3. The molecule has 0 amide bonds. The molecule has 1 heterocycles. The van der Waals surface area contributed by atoms with Crippen LogP contribution in [0.4, 0.5) is 0 Å². The quantitative estimate of drug-likeness (QED) is 0.617. The highest BCUT2D eigenvalue weighted by atomic mass is 79.9. The van der Waals surface area contributed by atoms with E-state index in [4.69, 9.17) is 4.99 Å². The number of halogens is 1. The van der Waals surface area contributed by atoms with Gasteiger partial charge < -0.3 is 5.32 Å². The molecule has 4 heteroatoms. The highest BCUT2D eigenvalue weighted by Crippen LogP contribution is 2.28. The second-order valence-electron chi connectivity index (χ2n) is 5.75. The van der Waals surface area contributed by atoms with Crippen LogP contribution in [0.2, 0.25) is 0 Å². The van der Waals surface area contributed by atoms with Crippen LogP contribution in [-0.4, -0.2) is 10.6 Å². The van der Waals surface area contributed by atoms with Gasteiger partial charge in [0.1, 0.15) is 5.84 Å². The lowest BCUT2D eigenvalue weighted by molar-refractivity contribution is 0.761. The Bertz CT molecular complexity index is 934. The summed E-state index contributed by atoms with van der Waals surface area (Å²) in [5, 5.41) is 3.20. The van der Waals surface area contributed by atoms with Crippen LogP contribution in [-0.2, 0) is 0 Å². The van der Waals surface area contributed by atoms with E-state index < -0.39 is 0 Å². The van der Waals surface area contributed by atoms with E-state index in [0.29, 0.717) is 4.74 Å². The van der Waals surface area contributed by atoms with Crippen LogP contribution >= 0.6 is 15.9 Å². The van der Waals surface area contributed by atoms with Gasteiger partial charge in [0, 0.05) is 5.56 Å². The molecule has 4 rings (SSSR count). The average Bonchev–Trinajstić information content (AvgIpc) is 2.69. The van der Waals surface area contributed by atoms with Crippen molar-refractivity contribution in [3.8, 4) is 11.1 Å². The van der Waals surface area contributed by atoms with Crippen molar-refractivity contribution in [2.75, 3.05) is 0 Å². The van der Waals surface area contributed by atoms with Crippen LogP contribution in [0.5, 0.6) is 0 Å². The summed E-state index contributed by atoms with van der Waals surface area (Å²) >= 11 is 3.49. The maximum absolute atomic E-state index is 4.80. The molecule has 0 bridgehead atoms. The molecule has 25 heavy (non-hydrogen) atoms. The maximum atomic E-state index is 4.80. The number of amidine groups is 2. The molecule has 3 aromatic carbocycles. The van der Waals surface area contributed by atoms with E-state index in [1.54, 1.807) is 0 Å². The molecule has 1 unspecified atom stereocenters. The lowest BCUT2D eigenvalue weighted by atomic mass is 10.0. The first-order valence-electron chi connectivity index (χ1n) is 8.08. The predicted octanol–water partition coefficient (Wildman–Crippen LogP) is 5.15. The van der Waals surface area contributed by atoms with Crippen molar-refractivity contribution in [2.24, 2.45) is 9.98 Å². The van der Waals surface area contributed by atoms with Gasteiger partial charge in [-0.25, -0.2) is 9.98 Å². The number of rotatable bonds is 3. The Labute approximate surface area is 155 Å². The third-order valence-corrected chi connectivity index (χ3v) is 4.45. The summed E-state index contributed by atoms with van der Waals surface area (Å²) in [4.78, 5) is 9.39. The Kier molecular flexibility index (Phi) is 4.44. The smallest absolute Gasteiger partial charge is 0.173 e. The van der Waals surface area contributed by atoms with Gasteiger partial charge in [0.2, 0.25) is 0 Å². The van der Waals surface area contributed by atoms with Crippen LogP contribution in [0.25, 0.3) is 11.1 Å². The third kappa shape index (κ3) is 3.54. The van der Waals surface area contributed by atoms with Crippen molar-refractivity contribution in [1.82, 2.24) is 5.32 Å². The molecule has 0 radical (unpaired) electrons. The molecule has 3 aromatic rings. The second kappa shape index (κ2) is 7.03. The molecule has 1 atom stereocenters. The number of aliphatic imine (C=N–C) groups is 2. The molecule has 1 aliphatic heterocycles. The lowest BCUT2D eigenvalue weighted by Gasteiger charge is -2.19. The fourth-order valence-electron chi connectivity index (χ4n) is 2.82. The van der Waals surface area contributed by atoms with Gasteiger partial charge >= 0.3 is 0 Å². The fraction of sp³-hybridized carbons (Fsp3) is 0.0476. The maximum Gasteiger partial charge on any atom is 0.173 e. The normalized spacial score (nSPS) is 16.6. The fourth-order valence-corrected chi connectivity index (χ4v) is 3.20. The Morgan fingerprint density at radius 2 is 1.32 bits per heavy atom. The minimum atomic E-state index is -0.269. The van der Waals surface area contributed by atoms with Crippen LogP contribution in [0.3, 0.4) is 0 Å². The van der Waals surface area contributed by atoms with Crippen molar-refractivity contribution in [2.45, 2.75) is 6.17 Å². The number of benzene rings is 3. The zero-order valence-corrected chi connectivity index (χ0v) is 15.0. The number of hydrogen-bond acceptors (Lipinski definition) is 3. The molecule has 122 valence electrons. The summed E-state index contributed by atoms with van der Waals surface area (Å²) in [6, 6.07) is 28.8. The molecule has 0 aromatic heterocycles. The van der Waals surface area contributed by atoms with Crippen molar-refractivity contribution < 1.29 is 0 Å². The standard InChI is InChI=1S/C21H16BrN3/c22-21-24-19(16-10-5-2-6-11-16)23-20(25-21)18-13-7-12-17(14-18)15-8-3-1-4-9-15/h1-14,20H,(H,23,24,25). The van der Waals surface area contributed by atoms with Gasteiger partial charge in [-0.3, -0.25) is 0 Å². The largest absolute Gasteiger partial charge is 0.319 e. The van der Waals surface area contributed by atoms with E-state index in [9.17, 15) is 0 Å². The Morgan fingerprint density at radius 1 is 0.680 bits per heavy atom. The van der Waals surface area contributed by atoms with Crippen molar-refractivity contribution in [3.05, 3.63) is 96.1 Å². The van der Waals surface area contributed by atoms with E-state index in [2.05, 4.69) is 62.6 Å². The Hall–Kier alpha value is -2.72. The molecule has 0 saturated carbocycles. The van der Waals surface area contributed by atoms with Gasteiger partial charge in [0.15, 0.2) is 10.9 Å². The monoisotopic (exact) mass is 389 g/mol. The van der Waals surface area contributed by atoms with Crippen LogP contribution in [0.15, 0.2) is 94.9 Å². The summed E-state index contributed by atoms with van der Waals surface area (Å²) in [6.07, 6.45) is -0.269. The zero-order valence-electron chi connectivity index (χ0n) is 13.4. The van der Waals surface area contributed by atoms with Crippen molar-refractivity contribution >= 4 is 26.5 Å². The van der Waals surface area contributed by atoms with Gasteiger partial charge in [-0.2, -0.15) is 0 Å². The molecule has 1 aliphatic rings. The molecule has 1 N–H and O–H groups in total. The first kappa shape index (κ1) is 15.8. The van der Waals surface area contributed by atoms with E-state index >= 15 is 0 Å². The van der Waals surface area contributed by atoms with E-state index in [1.165, 1.54) is 11.1 Å². The van der Waals surface area contributed by atoms with E-state index in [-0.39, 0.29) is 6.17 Å². The molecule has 3 nitrogen and oxygen atoms in total. The zero-order chi connectivity index (χ0) is 17.1. The summed E-state index contributed by atoms with van der Waals surface area (Å²) in [6.45, 7) is 0.